The quantitative estimate of drug-likeness (QED) is 0.747. The van der Waals surface area contributed by atoms with Crippen LogP contribution >= 0.6 is 0 Å². The summed E-state index contributed by atoms with van der Waals surface area (Å²) in [7, 11) is 3.22. The van der Waals surface area contributed by atoms with Crippen LogP contribution in [0, 0.1) is 0 Å². The summed E-state index contributed by atoms with van der Waals surface area (Å²) in [6.07, 6.45) is 1.22. The van der Waals surface area contributed by atoms with Crippen LogP contribution in [0.5, 0.6) is 17.2 Å². The Hall–Kier alpha value is -2.69. The van der Waals surface area contributed by atoms with Gasteiger partial charge in [-0.1, -0.05) is 18.2 Å². The van der Waals surface area contributed by atoms with Gasteiger partial charge < -0.3 is 19.5 Å². The van der Waals surface area contributed by atoms with E-state index in [1.165, 1.54) is 0 Å². The van der Waals surface area contributed by atoms with Crippen molar-refractivity contribution in [2.45, 2.75) is 32.8 Å². The molecule has 0 aliphatic heterocycles. The highest BCUT2D eigenvalue weighted by molar-refractivity contribution is 5.78. The molecule has 0 aliphatic carbocycles. The lowest BCUT2D eigenvalue weighted by Crippen LogP contribution is -2.27. The molecule has 0 saturated heterocycles. The molecule has 140 valence electrons. The van der Waals surface area contributed by atoms with Crippen LogP contribution in [0.3, 0.4) is 0 Å². The van der Waals surface area contributed by atoms with Gasteiger partial charge in [-0.25, -0.2) is 0 Å². The molecule has 0 aromatic heterocycles. The first kappa shape index (κ1) is 19.6. The number of carbonyl (C=O) groups excluding carboxylic acids is 1. The van der Waals surface area contributed by atoms with Gasteiger partial charge in [0.05, 0.1) is 26.7 Å². The standard InChI is InChI=1S/C21H27NO4/c1-15(2)26-18-8-5-16(6-9-18)14-21(23)22-12-11-17-7-10-19(24-3)20(13-17)25-4/h5-10,13,15H,11-12,14H2,1-4H3,(H,22,23). The number of methoxy groups -OCH3 is 2. The summed E-state index contributed by atoms with van der Waals surface area (Å²) in [6.45, 7) is 4.54. The molecular formula is C21H27NO4. The maximum Gasteiger partial charge on any atom is 0.224 e. The van der Waals surface area contributed by atoms with E-state index in [9.17, 15) is 4.79 Å². The zero-order valence-corrected chi connectivity index (χ0v) is 15.9. The number of benzene rings is 2. The van der Waals surface area contributed by atoms with E-state index in [1.807, 2.05) is 56.3 Å². The van der Waals surface area contributed by atoms with Crippen molar-refractivity contribution < 1.29 is 19.0 Å². The van der Waals surface area contributed by atoms with E-state index in [0.29, 0.717) is 24.5 Å². The summed E-state index contributed by atoms with van der Waals surface area (Å²) in [5.74, 6) is 2.21. The number of amides is 1. The van der Waals surface area contributed by atoms with Crippen molar-refractivity contribution in [3.05, 3.63) is 53.6 Å². The summed E-state index contributed by atoms with van der Waals surface area (Å²) in [5.41, 5.74) is 2.04. The van der Waals surface area contributed by atoms with Crippen molar-refractivity contribution in [3.63, 3.8) is 0 Å². The third kappa shape index (κ3) is 5.99. The zero-order valence-electron chi connectivity index (χ0n) is 15.9. The second-order valence-electron chi connectivity index (χ2n) is 6.28. The van der Waals surface area contributed by atoms with E-state index in [-0.39, 0.29) is 12.0 Å². The number of nitrogens with one attached hydrogen (secondary N) is 1. The van der Waals surface area contributed by atoms with Crippen LogP contribution in [0.4, 0.5) is 0 Å². The predicted molar refractivity (Wildman–Crippen MR) is 102 cm³/mol. The van der Waals surface area contributed by atoms with Crippen LogP contribution in [-0.4, -0.2) is 32.8 Å². The summed E-state index contributed by atoms with van der Waals surface area (Å²) in [6, 6.07) is 13.4. The number of carbonyl (C=O) groups is 1. The molecule has 0 saturated carbocycles. The van der Waals surface area contributed by atoms with Crippen LogP contribution in [0.15, 0.2) is 42.5 Å². The second kappa shape index (κ2) is 9.70. The molecule has 2 rings (SSSR count). The van der Waals surface area contributed by atoms with Gasteiger partial charge in [0.15, 0.2) is 11.5 Å². The normalized spacial score (nSPS) is 10.5. The first-order valence-electron chi connectivity index (χ1n) is 8.75. The van der Waals surface area contributed by atoms with E-state index >= 15 is 0 Å². The number of ether oxygens (including phenoxy) is 3. The highest BCUT2D eigenvalue weighted by Crippen LogP contribution is 2.27. The monoisotopic (exact) mass is 357 g/mol. The lowest BCUT2D eigenvalue weighted by molar-refractivity contribution is -0.120. The number of hydrogen-bond donors (Lipinski definition) is 1. The molecule has 0 unspecified atom stereocenters. The maximum atomic E-state index is 12.1. The van der Waals surface area contributed by atoms with Gasteiger partial charge in [0.1, 0.15) is 5.75 Å². The molecule has 0 atom stereocenters. The van der Waals surface area contributed by atoms with Gasteiger partial charge >= 0.3 is 0 Å². The van der Waals surface area contributed by atoms with Crippen molar-refractivity contribution in [2.24, 2.45) is 0 Å². The molecule has 2 aromatic carbocycles. The van der Waals surface area contributed by atoms with E-state index in [2.05, 4.69) is 5.32 Å². The average molecular weight is 357 g/mol. The van der Waals surface area contributed by atoms with Gasteiger partial charge in [-0.15, -0.1) is 0 Å². The fraction of sp³-hybridized carbons (Fsp3) is 0.381. The minimum absolute atomic E-state index is 0.00278. The zero-order chi connectivity index (χ0) is 18.9. The predicted octanol–water partition coefficient (Wildman–Crippen LogP) is 3.39. The molecule has 5 heteroatoms. The van der Waals surface area contributed by atoms with Crippen molar-refractivity contribution >= 4 is 5.91 Å². The minimum Gasteiger partial charge on any atom is -0.493 e. The summed E-state index contributed by atoms with van der Waals surface area (Å²) in [4.78, 5) is 12.1. The topological polar surface area (TPSA) is 56.8 Å². The lowest BCUT2D eigenvalue weighted by atomic mass is 10.1. The number of rotatable bonds is 9. The maximum absolute atomic E-state index is 12.1. The van der Waals surface area contributed by atoms with Gasteiger partial charge in [0, 0.05) is 6.54 Å². The van der Waals surface area contributed by atoms with Crippen molar-refractivity contribution in [1.29, 1.82) is 0 Å². The van der Waals surface area contributed by atoms with Crippen LogP contribution in [-0.2, 0) is 17.6 Å². The highest BCUT2D eigenvalue weighted by atomic mass is 16.5. The lowest BCUT2D eigenvalue weighted by Gasteiger charge is -2.11. The summed E-state index contributed by atoms with van der Waals surface area (Å²) in [5, 5.41) is 2.95. The summed E-state index contributed by atoms with van der Waals surface area (Å²) < 4.78 is 16.1. The third-order valence-electron chi connectivity index (χ3n) is 3.84. The largest absolute Gasteiger partial charge is 0.493 e. The number of hydrogen-bond acceptors (Lipinski definition) is 4. The SMILES string of the molecule is COc1ccc(CCNC(=O)Cc2ccc(OC(C)C)cc2)cc1OC. The third-order valence-corrected chi connectivity index (χ3v) is 3.84. The van der Waals surface area contributed by atoms with Gasteiger partial charge in [0.2, 0.25) is 5.91 Å². The van der Waals surface area contributed by atoms with Gasteiger partial charge in [-0.3, -0.25) is 4.79 Å². The smallest absolute Gasteiger partial charge is 0.224 e. The Labute approximate surface area is 155 Å². The Morgan fingerprint density at radius 1 is 0.962 bits per heavy atom. The molecule has 0 fully saturated rings. The van der Waals surface area contributed by atoms with Crippen molar-refractivity contribution in [2.75, 3.05) is 20.8 Å². The Morgan fingerprint density at radius 3 is 2.23 bits per heavy atom. The Morgan fingerprint density at radius 2 is 1.62 bits per heavy atom. The second-order valence-corrected chi connectivity index (χ2v) is 6.28. The van der Waals surface area contributed by atoms with Crippen LogP contribution in [0.2, 0.25) is 0 Å². The first-order chi connectivity index (χ1) is 12.5. The minimum atomic E-state index is 0.00278. The Kier molecular flexibility index (Phi) is 7.33. The van der Waals surface area contributed by atoms with E-state index in [0.717, 1.165) is 23.3 Å². The van der Waals surface area contributed by atoms with Crippen LogP contribution in [0.1, 0.15) is 25.0 Å². The van der Waals surface area contributed by atoms with E-state index < -0.39 is 0 Å². The first-order valence-corrected chi connectivity index (χ1v) is 8.75. The highest BCUT2D eigenvalue weighted by Gasteiger charge is 2.07. The van der Waals surface area contributed by atoms with Crippen molar-refractivity contribution in [1.82, 2.24) is 5.32 Å². The van der Waals surface area contributed by atoms with E-state index in [4.69, 9.17) is 14.2 Å². The Balaban J connectivity index is 1.80. The molecule has 0 aliphatic rings. The average Bonchev–Trinajstić information content (AvgIpc) is 2.62. The molecule has 26 heavy (non-hydrogen) atoms. The van der Waals surface area contributed by atoms with Gasteiger partial charge in [-0.2, -0.15) is 0 Å². The van der Waals surface area contributed by atoms with E-state index in [1.54, 1.807) is 14.2 Å². The molecule has 0 radical (unpaired) electrons. The molecule has 5 nitrogen and oxygen atoms in total. The van der Waals surface area contributed by atoms with Crippen LogP contribution < -0.4 is 19.5 Å². The molecule has 0 spiro atoms. The fourth-order valence-electron chi connectivity index (χ4n) is 2.59. The van der Waals surface area contributed by atoms with Gasteiger partial charge in [0.25, 0.3) is 0 Å². The molecule has 1 N–H and O–H groups in total. The van der Waals surface area contributed by atoms with Crippen molar-refractivity contribution in [3.8, 4) is 17.2 Å². The molecule has 1 amide bonds. The summed E-state index contributed by atoms with van der Waals surface area (Å²) >= 11 is 0. The fourth-order valence-corrected chi connectivity index (χ4v) is 2.59. The molecule has 2 aromatic rings. The molecule has 0 heterocycles. The molecule has 0 bridgehead atoms. The van der Waals surface area contributed by atoms with Gasteiger partial charge in [-0.05, 0) is 55.7 Å². The molecular weight excluding hydrogens is 330 g/mol. The van der Waals surface area contributed by atoms with Crippen LogP contribution in [0.25, 0.3) is 0 Å². The Bertz CT molecular complexity index is 710.